The number of rotatable bonds is 3. The molecule has 28 heavy (non-hydrogen) atoms. The van der Waals surface area contributed by atoms with Gasteiger partial charge in [0.1, 0.15) is 11.5 Å². The largest absolute Gasteiger partial charge is 0.497 e. The molecule has 0 radical (unpaired) electrons. The van der Waals surface area contributed by atoms with Gasteiger partial charge in [-0.25, -0.2) is 5.01 Å². The van der Waals surface area contributed by atoms with E-state index in [4.69, 9.17) is 26.2 Å². The number of nitrogens with zero attached hydrogens (tertiary/aromatic N) is 2. The lowest BCUT2D eigenvalue weighted by atomic mass is 9.96. The first-order valence-electron chi connectivity index (χ1n) is 9.24. The van der Waals surface area contributed by atoms with Crippen LogP contribution in [-0.4, -0.2) is 17.8 Å². The minimum absolute atomic E-state index is 0.0776. The van der Waals surface area contributed by atoms with Gasteiger partial charge in [-0.3, -0.25) is 0 Å². The molecule has 2 atom stereocenters. The number of hydrogen-bond donors (Lipinski definition) is 0. The maximum atomic E-state index is 6.35. The highest BCUT2D eigenvalue weighted by atomic mass is 35.5. The van der Waals surface area contributed by atoms with Gasteiger partial charge >= 0.3 is 0 Å². The van der Waals surface area contributed by atoms with Crippen LogP contribution in [0.4, 0.5) is 0 Å². The summed E-state index contributed by atoms with van der Waals surface area (Å²) in [5.41, 5.74) is 4.22. The summed E-state index contributed by atoms with van der Waals surface area (Å²) in [5, 5.41) is 7.73. The van der Waals surface area contributed by atoms with Crippen LogP contribution in [0.25, 0.3) is 0 Å². The lowest BCUT2D eigenvalue weighted by molar-refractivity contribution is -0.0190. The highest BCUT2D eigenvalue weighted by Gasteiger charge is 2.41. The van der Waals surface area contributed by atoms with E-state index in [-0.39, 0.29) is 12.3 Å². The first-order chi connectivity index (χ1) is 13.7. The monoisotopic (exact) mass is 390 g/mol. The van der Waals surface area contributed by atoms with Gasteiger partial charge in [-0.05, 0) is 30.3 Å². The molecule has 4 nitrogen and oxygen atoms in total. The lowest BCUT2D eigenvalue weighted by Crippen LogP contribution is -2.33. The molecular weight excluding hydrogens is 372 g/mol. The predicted octanol–water partition coefficient (Wildman–Crippen LogP) is 5.59. The molecule has 0 spiro atoms. The van der Waals surface area contributed by atoms with Gasteiger partial charge in [-0.1, -0.05) is 54.1 Å². The normalized spacial score (nSPS) is 20.1. The third kappa shape index (κ3) is 2.90. The van der Waals surface area contributed by atoms with Gasteiger partial charge in [0.2, 0.25) is 6.23 Å². The van der Waals surface area contributed by atoms with Gasteiger partial charge < -0.3 is 9.47 Å². The van der Waals surface area contributed by atoms with Gasteiger partial charge in [-0.15, -0.1) is 0 Å². The average Bonchev–Trinajstić information content (AvgIpc) is 3.20. The smallest absolute Gasteiger partial charge is 0.213 e. The molecule has 0 saturated heterocycles. The fourth-order valence-electron chi connectivity index (χ4n) is 3.87. The maximum Gasteiger partial charge on any atom is 0.213 e. The molecule has 0 unspecified atom stereocenters. The summed E-state index contributed by atoms with van der Waals surface area (Å²) in [6, 6.07) is 24.1. The molecule has 2 heterocycles. The van der Waals surface area contributed by atoms with Gasteiger partial charge in [-0.2, -0.15) is 5.10 Å². The Morgan fingerprint density at radius 3 is 2.71 bits per heavy atom. The molecule has 0 aromatic heterocycles. The number of hydrazone groups is 1. The fraction of sp³-hybridized carbons (Fsp3) is 0.174. The Hall–Kier alpha value is -2.98. The Kier molecular flexibility index (Phi) is 4.21. The van der Waals surface area contributed by atoms with Crippen LogP contribution in [0.15, 0.2) is 77.9 Å². The molecule has 5 rings (SSSR count). The molecule has 0 fully saturated rings. The van der Waals surface area contributed by atoms with Crippen molar-refractivity contribution in [3.63, 3.8) is 0 Å². The highest BCUT2D eigenvalue weighted by molar-refractivity contribution is 6.30. The summed E-state index contributed by atoms with van der Waals surface area (Å²) in [5.74, 6) is 1.69. The summed E-state index contributed by atoms with van der Waals surface area (Å²) >= 11 is 6.29. The zero-order chi connectivity index (χ0) is 19.1. The van der Waals surface area contributed by atoms with Crippen LogP contribution in [-0.2, 0) is 0 Å². The number of ether oxygens (including phenoxy) is 2. The molecule has 5 heteroatoms. The molecule has 0 amide bonds. The molecule has 3 aromatic carbocycles. The Morgan fingerprint density at radius 1 is 1.04 bits per heavy atom. The molecule has 2 aliphatic rings. The number of hydrogen-bond acceptors (Lipinski definition) is 4. The highest BCUT2D eigenvalue weighted by Crippen LogP contribution is 2.48. The van der Waals surface area contributed by atoms with E-state index in [1.54, 1.807) is 7.11 Å². The third-order valence-electron chi connectivity index (χ3n) is 5.24. The molecule has 0 bridgehead atoms. The second-order valence-electron chi connectivity index (χ2n) is 6.94. The van der Waals surface area contributed by atoms with Crippen molar-refractivity contribution in [2.75, 3.05) is 7.11 Å². The Morgan fingerprint density at radius 2 is 1.89 bits per heavy atom. The van der Waals surface area contributed by atoms with Crippen LogP contribution >= 0.6 is 11.6 Å². The van der Waals surface area contributed by atoms with Crippen LogP contribution in [0.5, 0.6) is 11.5 Å². The number of halogens is 1. The van der Waals surface area contributed by atoms with Crippen LogP contribution < -0.4 is 9.47 Å². The van der Waals surface area contributed by atoms with Crippen molar-refractivity contribution in [3.8, 4) is 11.5 Å². The van der Waals surface area contributed by atoms with Crippen LogP contribution in [0.1, 0.15) is 35.4 Å². The average molecular weight is 391 g/mol. The van der Waals surface area contributed by atoms with E-state index in [1.807, 2.05) is 54.6 Å². The fourth-order valence-corrected chi connectivity index (χ4v) is 4.05. The van der Waals surface area contributed by atoms with E-state index in [1.165, 1.54) is 0 Å². The number of methoxy groups -OCH3 is 1. The van der Waals surface area contributed by atoms with Crippen LogP contribution in [0.3, 0.4) is 0 Å². The summed E-state index contributed by atoms with van der Waals surface area (Å²) < 4.78 is 11.7. The van der Waals surface area contributed by atoms with E-state index in [0.717, 1.165) is 40.3 Å². The van der Waals surface area contributed by atoms with Crippen molar-refractivity contribution in [1.29, 1.82) is 0 Å². The molecule has 2 aliphatic heterocycles. The first kappa shape index (κ1) is 17.1. The minimum Gasteiger partial charge on any atom is -0.497 e. The van der Waals surface area contributed by atoms with Crippen molar-refractivity contribution in [1.82, 2.24) is 5.01 Å². The molecule has 0 saturated carbocycles. The Bertz CT molecular complexity index is 1050. The SMILES string of the molecule is COc1cccc(C2=NN3[C@H](C2)c2cc(Cl)ccc2O[C@H]3c2ccccc2)c1. The maximum absolute atomic E-state index is 6.35. The number of fused-ring (bicyclic) bond motifs is 3. The minimum atomic E-state index is -0.275. The Balaban J connectivity index is 1.60. The second-order valence-corrected chi connectivity index (χ2v) is 7.38. The molecule has 3 aromatic rings. The molecule has 0 N–H and O–H groups in total. The van der Waals surface area contributed by atoms with Gasteiger partial charge in [0.25, 0.3) is 0 Å². The van der Waals surface area contributed by atoms with Crippen molar-refractivity contribution < 1.29 is 9.47 Å². The van der Waals surface area contributed by atoms with E-state index < -0.39 is 0 Å². The van der Waals surface area contributed by atoms with Crippen molar-refractivity contribution >= 4 is 17.3 Å². The van der Waals surface area contributed by atoms with Gasteiger partial charge in [0, 0.05) is 28.1 Å². The third-order valence-corrected chi connectivity index (χ3v) is 5.47. The quantitative estimate of drug-likeness (QED) is 0.584. The van der Waals surface area contributed by atoms with E-state index in [0.29, 0.717) is 5.02 Å². The first-order valence-corrected chi connectivity index (χ1v) is 9.62. The zero-order valence-corrected chi connectivity index (χ0v) is 16.1. The van der Waals surface area contributed by atoms with Crippen LogP contribution in [0, 0.1) is 0 Å². The predicted molar refractivity (Wildman–Crippen MR) is 110 cm³/mol. The van der Waals surface area contributed by atoms with Crippen molar-refractivity contribution in [2.24, 2.45) is 5.10 Å². The second kappa shape index (κ2) is 6.88. The summed E-state index contributed by atoms with van der Waals surface area (Å²) in [4.78, 5) is 0. The van der Waals surface area contributed by atoms with Crippen LogP contribution in [0.2, 0.25) is 5.02 Å². The molecule has 0 aliphatic carbocycles. The van der Waals surface area contributed by atoms with Crippen molar-refractivity contribution in [2.45, 2.75) is 18.7 Å². The van der Waals surface area contributed by atoms with E-state index >= 15 is 0 Å². The van der Waals surface area contributed by atoms with Gasteiger partial charge in [0.05, 0.1) is 18.9 Å². The summed E-state index contributed by atoms with van der Waals surface area (Å²) in [6.45, 7) is 0. The van der Waals surface area contributed by atoms with Crippen molar-refractivity contribution in [3.05, 3.63) is 94.5 Å². The van der Waals surface area contributed by atoms with E-state index in [9.17, 15) is 0 Å². The lowest BCUT2D eigenvalue weighted by Gasteiger charge is -2.38. The van der Waals surface area contributed by atoms with E-state index in [2.05, 4.69) is 23.2 Å². The Labute approximate surface area is 169 Å². The zero-order valence-electron chi connectivity index (χ0n) is 15.4. The summed E-state index contributed by atoms with van der Waals surface area (Å²) in [7, 11) is 1.68. The summed E-state index contributed by atoms with van der Waals surface area (Å²) in [6.07, 6.45) is 0.510. The standard InChI is InChI=1S/C23H19ClN2O2/c1-27-18-9-5-8-16(12-18)20-14-21-19-13-17(24)10-11-22(19)28-23(26(21)25-20)15-6-3-2-4-7-15/h2-13,21,23H,14H2,1H3/t21-,23+/m1/s1. The van der Waals surface area contributed by atoms with Gasteiger partial charge in [0.15, 0.2) is 0 Å². The topological polar surface area (TPSA) is 34.1 Å². The molecular formula is C23H19ClN2O2. The number of benzene rings is 3. The molecule has 140 valence electrons.